The van der Waals surface area contributed by atoms with Crippen molar-refractivity contribution < 1.29 is 19.1 Å². The predicted molar refractivity (Wildman–Crippen MR) is 80.2 cm³/mol. The van der Waals surface area contributed by atoms with E-state index < -0.39 is 0 Å². The summed E-state index contributed by atoms with van der Waals surface area (Å²) in [5, 5.41) is 0. The lowest BCUT2D eigenvalue weighted by Crippen LogP contribution is -2.67. The van der Waals surface area contributed by atoms with E-state index in [0.717, 1.165) is 19.3 Å². The Morgan fingerprint density at radius 2 is 2.05 bits per heavy atom. The molecule has 3 atom stereocenters. The molecule has 0 unspecified atom stereocenters. The minimum atomic E-state index is -0.238. The van der Waals surface area contributed by atoms with Crippen LogP contribution in [0.15, 0.2) is 0 Å². The summed E-state index contributed by atoms with van der Waals surface area (Å²) in [4.78, 5) is 27.2. The van der Waals surface area contributed by atoms with E-state index in [1.54, 1.807) is 14.1 Å². The molecule has 1 aliphatic carbocycles. The van der Waals surface area contributed by atoms with Crippen molar-refractivity contribution in [1.82, 2.24) is 9.80 Å². The summed E-state index contributed by atoms with van der Waals surface area (Å²) in [5.74, 6) is 1.05. The Kier molecular flexibility index (Phi) is 4.16. The van der Waals surface area contributed by atoms with Crippen molar-refractivity contribution in [2.24, 2.45) is 11.8 Å². The number of hydrogen-bond donors (Lipinski definition) is 0. The molecule has 0 aromatic carbocycles. The van der Waals surface area contributed by atoms with Gasteiger partial charge >= 0.3 is 0 Å². The molecule has 2 aliphatic heterocycles. The Bertz CT molecular complexity index is 459. The normalized spacial score (nSPS) is 32.5. The first kappa shape index (κ1) is 15.7. The van der Waals surface area contributed by atoms with Crippen molar-refractivity contribution in [2.45, 2.75) is 37.9 Å². The maximum Gasteiger partial charge on any atom is 0.248 e. The summed E-state index contributed by atoms with van der Waals surface area (Å²) in [7, 11) is 3.46. The van der Waals surface area contributed by atoms with Crippen molar-refractivity contribution >= 4 is 11.8 Å². The first-order valence-electron chi connectivity index (χ1n) is 8.15. The van der Waals surface area contributed by atoms with Crippen LogP contribution in [0.25, 0.3) is 0 Å². The third-order valence-electron chi connectivity index (χ3n) is 5.09. The molecule has 0 radical (unpaired) electrons. The molecule has 2 amide bonds. The quantitative estimate of drug-likeness (QED) is 0.759. The van der Waals surface area contributed by atoms with E-state index in [1.165, 1.54) is 4.90 Å². The molecule has 1 spiro atoms. The average Bonchev–Trinajstić information content (AvgIpc) is 3.18. The molecule has 3 fully saturated rings. The van der Waals surface area contributed by atoms with Crippen LogP contribution in [0.3, 0.4) is 0 Å². The minimum Gasteiger partial charge on any atom is -0.371 e. The smallest absolute Gasteiger partial charge is 0.248 e. The molecule has 0 bridgehead atoms. The second-order valence-electron chi connectivity index (χ2n) is 7.26. The highest BCUT2D eigenvalue weighted by Gasteiger charge is 2.53. The molecule has 22 heavy (non-hydrogen) atoms. The van der Waals surface area contributed by atoms with Gasteiger partial charge in [0.25, 0.3) is 0 Å². The Morgan fingerprint density at radius 1 is 1.36 bits per heavy atom. The molecular formula is C16H26N2O4. The predicted octanol–water partition coefficient (Wildman–Crippen LogP) is 0.507. The van der Waals surface area contributed by atoms with Crippen LogP contribution in [0.4, 0.5) is 0 Å². The molecule has 0 N–H and O–H groups in total. The number of likely N-dealkylation sites (tertiary alicyclic amines) is 1. The molecule has 3 aliphatic rings. The Hall–Kier alpha value is -1.14. The molecule has 6 heteroatoms. The van der Waals surface area contributed by atoms with Crippen LogP contribution in [0, 0.1) is 11.8 Å². The molecule has 3 rings (SSSR count). The number of rotatable bonds is 4. The molecule has 1 saturated carbocycles. The Balaban J connectivity index is 1.45. The zero-order valence-corrected chi connectivity index (χ0v) is 13.7. The van der Waals surface area contributed by atoms with Gasteiger partial charge in [-0.25, -0.2) is 0 Å². The summed E-state index contributed by atoms with van der Waals surface area (Å²) in [6, 6.07) is 0. The zero-order chi connectivity index (χ0) is 15.9. The number of hydrogen-bond acceptors (Lipinski definition) is 4. The average molecular weight is 310 g/mol. The Morgan fingerprint density at radius 3 is 2.64 bits per heavy atom. The van der Waals surface area contributed by atoms with Crippen molar-refractivity contribution in [3.63, 3.8) is 0 Å². The third kappa shape index (κ3) is 3.13. The highest BCUT2D eigenvalue weighted by atomic mass is 16.5. The number of nitrogens with zero attached hydrogens (tertiary/aromatic N) is 2. The number of likely N-dealkylation sites (N-methyl/N-ethyl adjacent to an activating group) is 1. The van der Waals surface area contributed by atoms with Crippen LogP contribution >= 0.6 is 0 Å². The van der Waals surface area contributed by atoms with E-state index in [1.807, 2.05) is 4.90 Å². The van der Waals surface area contributed by atoms with Crippen LogP contribution < -0.4 is 0 Å². The van der Waals surface area contributed by atoms with E-state index in [4.69, 9.17) is 9.47 Å². The molecule has 6 nitrogen and oxygen atoms in total. The topological polar surface area (TPSA) is 59.1 Å². The van der Waals surface area contributed by atoms with E-state index in [0.29, 0.717) is 25.6 Å². The van der Waals surface area contributed by atoms with E-state index in [9.17, 15) is 9.59 Å². The van der Waals surface area contributed by atoms with Crippen molar-refractivity contribution in [3.8, 4) is 0 Å². The molecule has 2 saturated heterocycles. The van der Waals surface area contributed by atoms with Crippen LogP contribution in [-0.2, 0) is 19.1 Å². The van der Waals surface area contributed by atoms with E-state index >= 15 is 0 Å². The lowest BCUT2D eigenvalue weighted by Gasteiger charge is -2.53. The van der Waals surface area contributed by atoms with E-state index in [2.05, 4.69) is 6.92 Å². The Labute approximate surface area is 131 Å². The van der Waals surface area contributed by atoms with Crippen LogP contribution in [0.1, 0.15) is 26.2 Å². The summed E-state index contributed by atoms with van der Waals surface area (Å²) >= 11 is 0. The number of carbonyl (C=O) groups excluding carboxylic acids is 2. The summed E-state index contributed by atoms with van der Waals surface area (Å²) in [5.41, 5.74) is -0.238. The first-order chi connectivity index (χ1) is 10.4. The standard InChI is InChI=1S/C16H26N2O4/c1-11-6-13(11)15(20)18-9-16(10-18)7-12(4-5-22-16)21-8-14(19)17(2)3/h11-13H,4-10H2,1-3H3/t11-,12+,13-/m1/s1. The fourth-order valence-corrected chi connectivity index (χ4v) is 3.37. The van der Waals surface area contributed by atoms with Crippen LogP contribution in [0.2, 0.25) is 0 Å². The molecule has 0 aromatic rings. The van der Waals surface area contributed by atoms with Gasteiger partial charge in [-0.15, -0.1) is 0 Å². The highest BCUT2D eigenvalue weighted by Crippen LogP contribution is 2.43. The largest absolute Gasteiger partial charge is 0.371 e. The molecule has 0 aromatic heterocycles. The molecular weight excluding hydrogens is 284 g/mol. The van der Waals surface area contributed by atoms with Gasteiger partial charge in [-0.3, -0.25) is 9.59 Å². The number of ether oxygens (including phenoxy) is 2. The van der Waals surface area contributed by atoms with Crippen molar-refractivity contribution in [2.75, 3.05) is 40.4 Å². The van der Waals surface area contributed by atoms with Crippen LogP contribution in [0.5, 0.6) is 0 Å². The third-order valence-corrected chi connectivity index (χ3v) is 5.09. The molecule has 2 heterocycles. The SMILES string of the molecule is C[C@@H]1C[C@H]1C(=O)N1CC2(C[C@@H](OCC(=O)N(C)C)CCO2)C1. The van der Waals surface area contributed by atoms with Crippen molar-refractivity contribution in [1.29, 1.82) is 0 Å². The summed E-state index contributed by atoms with van der Waals surface area (Å²) in [6.07, 6.45) is 2.67. The van der Waals surface area contributed by atoms with Gasteiger partial charge in [0.1, 0.15) is 12.2 Å². The van der Waals surface area contributed by atoms with E-state index in [-0.39, 0.29) is 36.0 Å². The maximum atomic E-state index is 12.2. The maximum absolute atomic E-state index is 12.2. The van der Waals surface area contributed by atoms with Gasteiger partial charge in [0.05, 0.1) is 19.2 Å². The highest BCUT2D eigenvalue weighted by molar-refractivity contribution is 5.82. The second-order valence-corrected chi connectivity index (χ2v) is 7.26. The second kappa shape index (κ2) is 5.81. The summed E-state index contributed by atoms with van der Waals surface area (Å²) < 4.78 is 11.7. The lowest BCUT2D eigenvalue weighted by molar-refractivity contribution is -0.202. The fraction of sp³-hybridized carbons (Fsp3) is 0.875. The minimum absolute atomic E-state index is 0.0197. The lowest BCUT2D eigenvalue weighted by atomic mass is 9.84. The molecule has 124 valence electrons. The van der Waals surface area contributed by atoms with Gasteiger partial charge in [0, 0.05) is 33.0 Å². The fourth-order valence-electron chi connectivity index (χ4n) is 3.37. The number of carbonyl (C=O) groups is 2. The van der Waals surface area contributed by atoms with Gasteiger partial charge in [-0.05, 0) is 18.8 Å². The number of amides is 2. The zero-order valence-electron chi connectivity index (χ0n) is 13.7. The van der Waals surface area contributed by atoms with Gasteiger partial charge in [-0.2, -0.15) is 0 Å². The van der Waals surface area contributed by atoms with Crippen molar-refractivity contribution in [3.05, 3.63) is 0 Å². The summed E-state index contributed by atoms with van der Waals surface area (Å²) in [6.45, 7) is 4.24. The monoisotopic (exact) mass is 310 g/mol. The first-order valence-corrected chi connectivity index (χ1v) is 8.15. The van der Waals surface area contributed by atoms with Crippen LogP contribution in [-0.4, -0.2) is 73.7 Å². The van der Waals surface area contributed by atoms with Gasteiger partial charge < -0.3 is 19.3 Å². The van der Waals surface area contributed by atoms with Gasteiger partial charge in [0.2, 0.25) is 11.8 Å². The van der Waals surface area contributed by atoms with Gasteiger partial charge in [0.15, 0.2) is 0 Å². The van der Waals surface area contributed by atoms with Gasteiger partial charge in [-0.1, -0.05) is 6.92 Å².